The first kappa shape index (κ1) is 17.9. The standard InChI is InChI=1S/C15H32N2O2S/c1-13(2)11-17(12-14-7-6-9-16-14)20(18,19)10-8-15(3,4)5/h13-14,16H,6-12H2,1-5H3. The number of nitrogens with zero attached hydrogens (tertiary/aromatic N) is 1. The van der Waals surface area contributed by atoms with Crippen molar-refractivity contribution >= 4 is 10.0 Å². The molecule has 0 saturated carbocycles. The van der Waals surface area contributed by atoms with E-state index in [1.165, 1.54) is 0 Å². The second-order valence-corrected chi connectivity index (χ2v) is 9.72. The Morgan fingerprint density at radius 1 is 1.30 bits per heavy atom. The molecule has 0 amide bonds. The van der Waals surface area contributed by atoms with Crippen molar-refractivity contribution in [3.05, 3.63) is 0 Å². The number of hydrogen-bond acceptors (Lipinski definition) is 3. The first-order valence-corrected chi connectivity index (χ1v) is 9.42. The highest BCUT2D eigenvalue weighted by Gasteiger charge is 2.28. The average molecular weight is 305 g/mol. The van der Waals surface area contributed by atoms with Gasteiger partial charge in [-0.05, 0) is 37.1 Å². The van der Waals surface area contributed by atoms with Crippen molar-refractivity contribution in [3.63, 3.8) is 0 Å². The van der Waals surface area contributed by atoms with Crippen molar-refractivity contribution in [2.75, 3.05) is 25.4 Å². The van der Waals surface area contributed by atoms with Gasteiger partial charge in [-0.15, -0.1) is 0 Å². The largest absolute Gasteiger partial charge is 0.313 e. The summed E-state index contributed by atoms with van der Waals surface area (Å²) in [4.78, 5) is 0. The summed E-state index contributed by atoms with van der Waals surface area (Å²) in [6.45, 7) is 12.7. The topological polar surface area (TPSA) is 49.4 Å². The van der Waals surface area contributed by atoms with Gasteiger partial charge in [0.25, 0.3) is 0 Å². The van der Waals surface area contributed by atoms with Gasteiger partial charge in [0, 0.05) is 19.1 Å². The summed E-state index contributed by atoms with van der Waals surface area (Å²) in [5.41, 5.74) is 0.0577. The molecule has 1 saturated heterocycles. The summed E-state index contributed by atoms with van der Waals surface area (Å²) in [6, 6.07) is 0.332. The fourth-order valence-electron chi connectivity index (χ4n) is 2.43. The van der Waals surface area contributed by atoms with Crippen molar-refractivity contribution < 1.29 is 8.42 Å². The highest BCUT2D eigenvalue weighted by molar-refractivity contribution is 7.89. The Morgan fingerprint density at radius 3 is 2.40 bits per heavy atom. The summed E-state index contributed by atoms with van der Waals surface area (Å²) in [7, 11) is -3.14. The molecule has 0 bridgehead atoms. The zero-order valence-corrected chi connectivity index (χ0v) is 14.6. The van der Waals surface area contributed by atoms with Crippen LogP contribution in [-0.2, 0) is 10.0 Å². The minimum atomic E-state index is -3.14. The van der Waals surface area contributed by atoms with Crippen LogP contribution in [0.15, 0.2) is 0 Å². The maximum Gasteiger partial charge on any atom is 0.214 e. The maximum atomic E-state index is 12.6. The first-order chi connectivity index (χ1) is 9.10. The summed E-state index contributed by atoms with van der Waals surface area (Å²) in [5.74, 6) is 0.622. The van der Waals surface area contributed by atoms with E-state index in [1.807, 2.05) is 0 Å². The summed E-state index contributed by atoms with van der Waals surface area (Å²) >= 11 is 0. The van der Waals surface area contributed by atoms with Crippen LogP contribution in [0.2, 0.25) is 0 Å². The molecule has 0 aromatic heterocycles. The lowest BCUT2D eigenvalue weighted by Gasteiger charge is -2.28. The normalized spacial score (nSPS) is 21.1. The van der Waals surface area contributed by atoms with E-state index in [1.54, 1.807) is 4.31 Å². The predicted octanol–water partition coefficient (Wildman–Crippen LogP) is 2.46. The van der Waals surface area contributed by atoms with Crippen LogP contribution in [0.4, 0.5) is 0 Å². The van der Waals surface area contributed by atoms with Crippen LogP contribution in [0.1, 0.15) is 53.9 Å². The van der Waals surface area contributed by atoms with E-state index < -0.39 is 10.0 Å². The van der Waals surface area contributed by atoms with Crippen LogP contribution in [0, 0.1) is 11.3 Å². The van der Waals surface area contributed by atoms with Crippen LogP contribution >= 0.6 is 0 Å². The lowest BCUT2D eigenvalue weighted by molar-refractivity contribution is 0.330. The van der Waals surface area contributed by atoms with Crippen LogP contribution in [0.25, 0.3) is 0 Å². The molecule has 120 valence electrons. The Balaban J connectivity index is 2.68. The van der Waals surface area contributed by atoms with Gasteiger partial charge in [-0.2, -0.15) is 0 Å². The van der Waals surface area contributed by atoms with Crippen molar-refractivity contribution in [3.8, 4) is 0 Å². The highest BCUT2D eigenvalue weighted by atomic mass is 32.2. The third kappa shape index (κ3) is 6.55. The number of sulfonamides is 1. The molecule has 1 aliphatic heterocycles. The molecule has 20 heavy (non-hydrogen) atoms. The maximum absolute atomic E-state index is 12.6. The van der Waals surface area contributed by atoms with Crippen molar-refractivity contribution in [2.24, 2.45) is 11.3 Å². The molecule has 0 aromatic rings. The lowest BCUT2D eigenvalue weighted by Crippen LogP contribution is -2.44. The van der Waals surface area contributed by atoms with Gasteiger partial charge in [-0.1, -0.05) is 34.6 Å². The molecule has 1 aliphatic rings. The average Bonchev–Trinajstić information content (AvgIpc) is 2.77. The minimum Gasteiger partial charge on any atom is -0.313 e. The van der Waals surface area contributed by atoms with Crippen molar-refractivity contribution in [1.82, 2.24) is 9.62 Å². The van der Waals surface area contributed by atoms with Crippen LogP contribution < -0.4 is 5.32 Å². The molecule has 1 fully saturated rings. The molecule has 0 aliphatic carbocycles. The van der Waals surface area contributed by atoms with Gasteiger partial charge >= 0.3 is 0 Å². The molecule has 0 spiro atoms. The molecule has 0 aromatic carbocycles. The van der Waals surface area contributed by atoms with E-state index in [4.69, 9.17) is 0 Å². The third-order valence-corrected chi connectivity index (χ3v) is 5.46. The molecule has 1 N–H and O–H groups in total. The summed E-state index contributed by atoms with van der Waals surface area (Å²) < 4.78 is 26.9. The molecular weight excluding hydrogens is 272 g/mol. The smallest absolute Gasteiger partial charge is 0.214 e. The summed E-state index contributed by atoms with van der Waals surface area (Å²) in [6.07, 6.45) is 2.95. The number of rotatable bonds is 7. The second-order valence-electron chi connectivity index (χ2n) is 7.63. The highest BCUT2D eigenvalue weighted by Crippen LogP contribution is 2.21. The Bertz CT molecular complexity index is 379. The SMILES string of the molecule is CC(C)CN(CC1CCCN1)S(=O)(=O)CCC(C)(C)C. The van der Waals surface area contributed by atoms with Crippen LogP contribution in [0.5, 0.6) is 0 Å². The van der Waals surface area contributed by atoms with Crippen LogP contribution in [0.3, 0.4) is 0 Å². The first-order valence-electron chi connectivity index (χ1n) is 7.81. The van der Waals surface area contributed by atoms with Gasteiger partial charge in [-0.3, -0.25) is 0 Å². The van der Waals surface area contributed by atoms with Gasteiger partial charge in [-0.25, -0.2) is 12.7 Å². The van der Waals surface area contributed by atoms with Crippen molar-refractivity contribution in [1.29, 1.82) is 0 Å². The molecule has 5 heteroatoms. The molecule has 1 heterocycles. The van der Waals surface area contributed by atoms with E-state index in [2.05, 4.69) is 39.9 Å². The molecule has 4 nitrogen and oxygen atoms in total. The van der Waals surface area contributed by atoms with Gasteiger partial charge in [0.05, 0.1) is 5.75 Å². The predicted molar refractivity (Wildman–Crippen MR) is 85.3 cm³/mol. The number of nitrogens with one attached hydrogen (secondary N) is 1. The van der Waals surface area contributed by atoms with Crippen LogP contribution in [-0.4, -0.2) is 44.2 Å². The zero-order valence-electron chi connectivity index (χ0n) is 13.8. The van der Waals surface area contributed by atoms with Gasteiger partial charge in [0.2, 0.25) is 10.0 Å². The third-order valence-electron chi connectivity index (χ3n) is 3.66. The van der Waals surface area contributed by atoms with E-state index in [9.17, 15) is 8.42 Å². The van der Waals surface area contributed by atoms with E-state index in [0.29, 0.717) is 31.5 Å². The molecule has 1 atom stereocenters. The Hall–Kier alpha value is -0.130. The van der Waals surface area contributed by atoms with E-state index in [0.717, 1.165) is 19.4 Å². The van der Waals surface area contributed by atoms with Crippen molar-refractivity contribution in [2.45, 2.75) is 59.9 Å². The Labute approximate surface area is 125 Å². The minimum absolute atomic E-state index is 0.0577. The van der Waals surface area contributed by atoms with E-state index >= 15 is 0 Å². The Kier molecular flexibility index (Phi) is 6.48. The monoisotopic (exact) mass is 304 g/mol. The number of hydrogen-bond donors (Lipinski definition) is 1. The molecule has 1 unspecified atom stereocenters. The second kappa shape index (κ2) is 7.23. The van der Waals surface area contributed by atoms with Gasteiger partial charge < -0.3 is 5.32 Å². The molecule has 0 radical (unpaired) electrons. The Morgan fingerprint density at radius 2 is 1.95 bits per heavy atom. The van der Waals surface area contributed by atoms with E-state index in [-0.39, 0.29) is 11.2 Å². The van der Waals surface area contributed by atoms with Gasteiger partial charge in [0.1, 0.15) is 0 Å². The summed E-state index contributed by atoms with van der Waals surface area (Å²) in [5, 5.41) is 3.40. The quantitative estimate of drug-likeness (QED) is 0.786. The fourth-order valence-corrected chi connectivity index (χ4v) is 4.49. The fraction of sp³-hybridized carbons (Fsp3) is 1.00. The van der Waals surface area contributed by atoms with Gasteiger partial charge in [0.15, 0.2) is 0 Å². The molecular formula is C15H32N2O2S. The molecule has 1 rings (SSSR count). The zero-order chi connectivity index (χ0) is 15.4. The lowest BCUT2D eigenvalue weighted by atomic mass is 9.94.